The Morgan fingerprint density at radius 1 is 1.17 bits per heavy atom. The van der Waals surface area contributed by atoms with Crippen molar-refractivity contribution in [3.05, 3.63) is 60.6 Å². The molecule has 3 aromatic rings. The van der Waals surface area contributed by atoms with E-state index in [0.717, 1.165) is 42.8 Å². The number of fused-ring (bicyclic) bond motifs is 1. The van der Waals surface area contributed by atoms with Crippen LogP contribution in [0.4, 0.5) is 0 Å². The van der Waals surface area contributed by atoms with Gasteiger partial charge in [0.25, 0.3) is 0 Å². The summed E-state index contributed by atoms with van der Waals surface area (Å²) in [5.74, 6) is 3.67. The van der Waals surface area contributed by atoms with Crippen LogP contribution in [0.5, 0.6) is 0 Å². The fraction of sp³-hybridized carbons (Fsp3) is 0.381. The lowest BCUT2D eigenvalue weighted by Gasteiger charge is -2.21. The van der Waals surface area contributed by atoms with E-state index >= 15 is 0 Å². The number of pyridine rings is 1. The molecular weight excluding hydrogens is 495 g/mol. The minimum atomic E-state index is 0. The zero-order valence-electron chi connectivity index (χ0n) is 16.6. The molecule has 6 nitrogen and oxygen atoms in total. The predicted molar refractivity (Wildman–Crippen MR) is 130 cm³/mol. The first kappa shape index (κ1) is 21.9. The number of hydrogen-bond acceptors (Lipinski definition) is 4. The SMILES string of the molecule is CCNC(=NCc1nnc2ccccn12)N1CCC(CSc2ccccc2)C1.I. The van der Waals surface area contributed by atoms with Crippen molar-refractivity contribution < 1.29 is 0 Å². The zero-order valence-corrected chi connectivity index (χ0v) is 19.7. The van der Waals surface area contributed by atoms with Crippen LogP contribution >= 0.6 is 35.7 Å². The van der Waals surface area contributed by atoms with Crippen molar-refractivity contribution in [2.45, 2.75) is 24.8 Å². The van der Waals surface area contributed by atoms with Gasteiger partial charge in [0, 0.05) is 36.5 Å². The topological polar surface area (TPSA) is 57.8 Å². The summed E-state index contributed by atoms with van der Waals surface area (Å²) in [5, 5.41) is 11.9. The number of aromatic nitrogens is 3. The van der Waals surface area contributed by atoms with Gasteiger partial charge in [0.15, 0.2) is 17.4 Å². The van der Waals surface area contributed by atoms with Gasteiger partial charge in [-0.1, -0.05) is 24.3 Å². The van der Waals surface area contributed by atoms with E-state index in [1.54, 1.807) is 0 Å². The van der Waals surface area contributed by atoms with E-state index in [-0.39, 0.29) is 24.0 Å². The van der Waals surface area contributed by atoms with Crippen molar-refractivity contribution in [1.29, 1.82) is 0 Å². The fourth-order valence-corrected chi connectivity index (χ4v) is 4.51. The van der Waals surface area contributed by atoms with Crippen LogP contribution in [0, 0.1) is 5.92 Å². The number of thioether (sulfide) groups is 1. The summed E-state index contributed by atoms with van der Waals surface area (Å²) in [6.45, 7) is 5.59. The monoisotopic (exact) mass is 522 g/mol. The third kappa shape index (κ3) is 5.63. The summed E-state index contributed by atoms with van der Waals surface area (Å²) in [7, 11) is 0. The summed E-state index contributed by atoms with van der Waals surface area (Å²) in [6, 6.07) is 16.6. The van der Waals surface area contributed by atoms with Gasteiger partial charge in [-0.3, -0.25) is 4.40 Å². The number of rotatable bonds is 6. The first-order valence-electron chi connectivity index (χ1n) is 9.83. The second kappa shape index (κ2) is 10.8. The number of aliphatic imine (C=N–C) groups is 1. The average molecular weight is 522 g/mol. The second-order valence-electron chi connectivity index (χ2n) is 6.94. The van der Waals surface area contributed by atoms with Crippen LogP contribution in [0.3, 0.4) is 0 Å². The lowest BCUT2D eigenvalue weighted by molar-refractivity contribution is 0.474. The lowest BCUT2D eigenvalue weighted by Crippen LogP contribution is -2.40. The second-order valence-corrected chi connectivity index (χ2v) is 8.03. The van der Waals surface area contributed by atoms with Crippen molar-refractivity contribution in [1.82, 2.24) is 24.8 Å². The van der Waals surface area contributed by atoms with Gasteiger partial charge in [0.2, 0.25) is 0 Å². The van der Waals surface area contributed by atoms with Gasteiger partial charge in [-0.15, -0.1) is 45.9 Å². The van der Waals surface area contributed by atoms with E-state index in [2.05, 4.69) is 57.7 Å². The number of halogens is 1. The van der Waals surface area contributed by atoms with Crippen molar-refractivity contribution in [2.24, 2.45) is 10.9 Å². The maximum Gasteiger partial charge on any atom is 0.194 e. The number of likely N-dealkylation sites (tertiary alicyclic amines) is 1. The molecule has 0 bridgehead atoms. The Labute approximate surface area is 193 Å². The Bertz CT molecular complexity index is 929. The largest absolute Gasteiger partial charge is 0.357 e. The van der Waals surface area contributed by atoms with Gasteiger partial charge >= 0.3 is 0 Å². The van der Waals surface area contributed by atoms with E-state index in [0.29, 0.717) is 12.5 Å². The fourth-order valence-electron chi connectivity index (χ4n) is 3.46. The Morgan fingerprint density at radius 2 is 2.00 bits per heavy atom. The molecule has 1 N–H and O–H groups in total. The van der Waals surface area contributed by atoms with Gasteiger partial charge in [0.05, 0.1) is 0 Å². The standard InChI is InChI=1S/C21H26N6S.HI/c1-2-22-21(23-14-20-25-24-19-10-6-7-12-27(19)20)26-13-11-17(15-26)16-28-18-8-4-3-5-9-18;/h3-10,12,17H,2,11,13-16H2,1H3,(H,22,23);1H. The quantitative estimate of drug-likeness (QED) is 0.230. The van der Waals surface area contributed by atoms with Crippen molar-refractivity contribution in [2.75, 3.05) is 25.4 Å². The molecule has 0 radical (unpaired) electrons. The number of hydrogen-bond donors (Lipinski definition) is 1. The molecule has 3 heterocycles. The maximum atomic E-state index is 4.84. The van der Waals surface area contributed by atoms with Crippen molar-refractivity contribution in [3.8, 4) is 0 Å². The van der Waals surface area contributed by atoms with Gasteiger partial charge in [-0.2, -0.15) is 0 Å². The highest BCUT2D eigenvalue weighted by atomic mass is 127. The predicted octanol–water partition coefficient (Wildman–Crippen LogP) is 3.93. The smallest absolute Gasteiger partial charge is 0.194 e. The highest BCUT2D eigenvalue weighted by Gasteiger charge is 2.25. The molecule has 1 unspecified atom stereocenters. The summed E-state index contributed by atoms with van der Waals surface area (Å²) in [5.41, 5.74) is 0.858. The molecule has 1 aliphatic rings. The molecule has 29 heavy (non-hydrogen) atoms. The van der Waals surface area contributed by atoms with Crippen LogP contribution in [0.15, 0.2) is 64.6 Å². The number of nitrogens with one attached hydrogen (secondary N) is 1. The van der Waals surface area contributed by atoms with Crippen LogP contribution in [0.2, 0.25) is 0 Å². The first-order chi connectivity index (χ1) is 13.8. The molecule has 0 spiro atoms. The molecule has 4 rings (SSSR count). The first-order valence-corrected chi connectivity index (χ1v) is 10.8. The normalized spacial score (nSPS) is 16.8. The molecule has 1 aliphatic heterocycles. The Kier molecular flexibility index (Phi) is 8.17. The highest BCUT2D eigenvalue weighted by molar-refractivity contribution is 14.0. The van der Waals surface area contributed by atoms with E-state index in [9.17, 15) is 0 Å². The van der Waals surface area contributed by atoms with Gasteiger partial charge in [0.1, 0.15) is 6.54 Å². The molecule has 1 aromatic carbocycles. The van der Waals surface area contributed by atoms with Gasteiger partial charge in [-0.05, 0) is 43.5 Å². The Morgan fingerprint density at radius 3 is 2.83 bits per heavy atom. The van der Waals surface area contributed by atoms with Crippen LogP contribution in [0.1, 0.15) is 19.2 Å². The zero-order chi connectivity index (χ0) is 19.2. The van der Waals surface area contributed by atoms with Gasteiger partial charge < -0.3 is 10.2 Å². The van der Waals surface area contributed by atoms with E-state index in [1.807, 2.05) is 40.6 Å². The van der Waals surface area contributed by atoms with Gasteiger partial charge in [-0.25, -0.2) is 4.99 Å². The summed E-state index contributed by atoms with van der Waals surface area (Å²) < 4.78 is 2.00. The minimum absolute atomic E-state index is 0. The van der Waals surface area contributed by atoms with Crippen LogP contribution < -0.4 is 5.32 Å². The van der Waals surface area contributed by atoms with E-state index < -0.39 is 0 Å². The molecule has 0 saturated carbocycles. The van der Waals surface area contributed by atoms with E-state index in [1.165, 1.54) is 11.3 Å². The number of benzene rings is 1. The van der Waals surface area contributed by atoms with E-state index in [4.69, 9.17) is 4.99 Å². The highest BCUT2D eigenvalue weighted by Crippen LogP contribution is 2.25. The molecule has 1 saturated heterocycles. The molecule has 2 aromatic heterocycles. The third-order valence-electron chi connectivity index (χ3n) is 4.90. The molecule has 8 heteroatoms. The van der Waals surface area contributed by atoms with Crippen molar-refractivity contribution in [3.63, 3.8) is 0 Å². The number of nitrogens with zero attached hydrogens (tertiary/aromatic N) is 5. The van der Waals surface area contributed by atoms with Crippen LogP contribution in [0.25, 0.3) is 5.65 Å². The van der Waals surface area contributed by atoms with Crippen LogP contribution in [-0.4, -0.2) is 50.8 Å². The molecule has 0 aliphatic carbocycles. The minimum Gasteiger partial charge on any atom is -0.357 e. The summed E-state index contributed by atoms with van der Waals surface area (Å²) in [6.07, 6.45) is 3.19. The average Bonchev–Trinajstić information content (AvgIpc) is 3.38. The summed E-state index contributed by atoms with van der Waals surface area (Å²) in [4.78, 5) is 8.57. The molecule has 1 atom stereocenters. The number of guanidine groups is 1. The third-order valence-corrected chi connectivity index (χ3v) is 6.15. The Hall–Kier alpha value is -1.81. The molecule has 1 fully saturated rings. The lowest BCUT2D eigenvalue weighted by atomic mass is 10.2. The maximum absolute atomic E-state index is 4.84. The molecule has 154 valence electrons. The summed E-state index contributed by atoms with van der Waals surface area (Å²) >= 11 is 1.95. The van der Waals surface area contributed by atoms with Crippen LogP contribution in [-0.2, 0) is 6.54 Å². The molecular formula is C21H27IN6S. The van der Waals surface area contributed by atoms with Crippen molar-refractivity contribution >= 4 is 47.3 Å². The molecule has 0 amide bonds. The Balaban J connectivity index is 0.00000240.